The highest BCUT2D eigenvalue weighted by molar-refractivity contribution is 6.01. The first-order valence-electron chi connectivity index (χ1n) is 10.2. The standard InChI is InChI=1S/C24H25N3O4/c1-30-23-7-6-17(12-20(23)16-27-8-10-31-11-9-27)15-25-26-24(29)21-13-18-4-2-3-5-19(18)14-22(21)28/h2-7,12-15,28H,8-11,16H2,1H3,(H,26,29)/b25-15+. The molecule has 1 amide bonds. The number of carbonyl (C=O) groups excluding carboxylic acids is 1. The number of morpholine rings is 1. The van der Waals surface area contributed by atoms with E-state index in [4.69, 9.17) is 9.47 Å². The van der Waals surface area contributed by atoms with E-state index in [0.717, 1.165) is 60.5 Å². The smallest absolute Gasteiger partial charge is 0.275 e. The second kappa shape index (κ2) is 9.59. The Balaban J connectivity index is 1.46. The number of ether oxygens (including phenoxy) is 2. The van der Waals surface area contributed by atoms with Crippen molar-refractivity contribution in [1.29, 1.82) is 0 Å². The van der Waals surface area contributed by atoms with Crippen LogP contribution in [0.25, 0.3) is 10.8 Å². The van der Waals surface area contributed by atoms with Crippen LogP contribution in [0.2, 0.25) is 0 Å². The molecule has 0 aliphatic carbocycles. The van der Waals surface area contributed by atoms with Gasteiger partial charge in [-0.25, -0.2) is 5.43 Å². The van der Waals surface area contributed by atoms with Crippen LogP contribution < -0.4 is 10.2 Å². The lowest BCUT2D eigenvalue weighted by molar-refractivity contribution is 0.0339. The maximum Gasteiger partial charge on any atom is 0.275 e. The van der Waals surface area contributed by atoms with Crippen molar-refractivity contribution < 1.29 is 19.4 Å². The molecule has 0 aromatic heterocycles. The van der Waals surface area contributed by atoms with Gasteiger partial charge in [-0.1, -0.05) is 24.3 Å². The zero-order chi connectivity index (χ0) is 21.6. The number of hydrazone groups is 1. The summed E-state index contributed by atoms with van der Waals surface area (Å²) in [5.74, 6) is 0.263. The van der Waals surface area contributed by atoms with Crippen LogP contribution in [0.5, 0.6) is 11.5 Å². The van der Waals surface area contributed by atoms with Gasteiger partial charge in [-0.3, -0.25) is 9.69 Å². The van der Waals surface area contributed by atoms with Crippen LogP contribution in [0.15, 0.2) is 59.7 Å². The maximum absolute atomic E-state index is 12.5. The molecule has 1 fully saturated rings. The van der Waals surface area contributed by atoms with Crippen LogP contribution in [0.3, 0.4) is 0 Å². The molecule has 0 radical (unpaired) electrons. The second-order valence-electron chi connectivity index (χ2n) is 7.38. The maximum atomic E-state index is 12.5. The van der Waals surface area contributed by atoms with Crippen molar-refractivity contribution in [2.45, 2.75) is 6.54 Å². The van der Waals surface area contributed by atoms with Crippen LogP contribution in [0.4, 0.5) is 0 Å². The number of nitrogens with zero attached hydrogens (tertiary/aromatic N) is 2. The van der Waals surface area contributed by atoms with E-state index in [9.17, 15) is 9.90 Å². The minimum atomic E-state index is -0.471. The zero-order valence-corrected chi connectivity index (χ0v) is 17.4. The Bertz CT molecular complexity index is 1110. The third-order valence-corrected chi connectivity index (χ3v) is 5.29. The van der Waals surface area contributed by atoms with Gasteiger partial charge < -0.3 is 14.6 Å². The summed E-state index contributed by atoms with van der Waals surface area (Å²) in [6.45, 7) is 3.99. The summed E-state index contributed by atoms with van der Waals surface area (Å²) in [6, 6.07) is 16.6. The van der Waals surface area contributed by atoms with Crippen molar-refractivity contribution in [2.75, 3.05) is 33.4 Å². The Morgan fingerprint density at radius 2 is 1.90 bits per heavy atom. The van der Waals surface area contributed by atoms with Gasteiger partial charge in [-0.2, -0.15) is 5.10 Å². The SMILES string of the molecule is COc1ccc(/C=N/NC(=O)c2cc3ccccc3cc2O)cc1CN1CCOCC1. The number of phenolic OH excluding ortho intramolecular Hbond substituents is 1. The summed E-state index contributed by atoms with van der Waals surface area (Å²) in [7, 11) is 1.65. The Kier molecular flexibility index (Phi) is 6.45. The number of benzene rings is 3. The van der Waals surface area contributed by atoms with Crippen LogP contribution in [-0.2, 0) is 11.3 Å². The molecular formula is C24H25N3O4. The number of rotatable bonds is 6. The minimum Gasteiger partial charge on any atom is -0.507 e. The molecule has 1 aliphatic heterocycles. The molecular weight excluding hydrogens is 394 g/mol. The Morgan fingerprint density at radius 1 is 1.16 bits per heavy atom. The topological polar surface area (TPSA) is 83.4 Å². The molecule has 1 saturated heterocycles. The van der Waals surface area contributed by atoms with E-state index in [-0.39, 0.29) is 11.3 Å². The molecule has 7 heteroatoms. The number of hydrogen-bond acceptors (Lipinski definition) is 6. The van der Waals surface area contributed by atoms with Gasteiger partial charge in [0.25, 0.3) is 5.91 Å². The van der Waals surface area contributed by atoms with Crippen LogP contribution in [0, 0.1) is 0 Å². The number of fused-ring (bicyclic) bond motifs is 1. The monoisotopic (exact) mass is 419 g/mol. The number of hydrogen-bond donors (Lipinski definition) is 2. The quantitative estimate of drug-likeness (QED) is 0.474. The van der Waals surface area contributed by atoms with Crippen LogP contribution in [0.1, 0.15) is 21.5 Å². The molecule has 3 aromatic rings. The highest BCUT2D eigenvalue weighted by Crippen LogP contribution is 2.25. The Morgan fingerprint density at radius 3 is 2.65 bits per heavy atom. The molecule has 3 aromatic carbocycles. The third kappa shape index (κ3) is 5.02. The highest BCUT2D eigenvalue weighted by atomic mass is 16.5. The van der Waals surface area contributed by atoms with Crippen LogP contribution in [-0.4, -0.2) is 55.5 Å². The first-order valence-corrected chi connectivity index (χ1v) is 10.2. The predicted molar refractivity (Wildman–Crippen MR) is 120 cm³/mol. The van der Waals surface area contributed by atoms with E-state index >= 15 is 0 Å². The number of phenols is 1. The molecule has 7 nitrogen and oxygen atoms in total. The molecule has 0 atom stereocenters. The Hall–Kier alpha value is -3.42. The van der Waals surface area contributed by atoms with Gasteiger partial charge in [-0.05, 0) is 46.7 Å². The summed E-state index contributed by atoms with van der Waals surface area (Å²) >= 11 is 0. The first-order chi connectivity index (χ1) is 15.1. The number of carbonyl (C=O) groups is 1. The lowest BCUT2D eigenvalue weighted by Crippen LogP contribution is -2.35. The van der Waals surface area contributed by atoms with Crippen LogP contribution >= 0.6 is 0 Å². The summed E-state index contributed by atoms with van der Waals surface area (Å²) < 4.78 is 10.9. The summed E-state index contributed by atoms with van der Waals surface area (Å²) in [5, 5.41) is 16.0. The van der Waals surface area contributed by atoms with E-state index in [0.29, 0.717) is 0 Å². The average molecular weight is 419 g/mol. The highest BCUT2D eigenvalue weighted by Gasteiger charge is 2.14. The normalized spacial score (nSPS) is 14.7. The Labute approximate surface area is 180 Å². The van der Waals surface area contributed by atoms with Gasteiger partial charge in [0.1, 0.15) is 11.5 Å². The molecule has 2 N–H and O–H groups in total. The summed E-state index contributed by atoms with van der Waals surface area (Å²) in [5.41, 5.74) is 4.56. The van der Waals surface area contributed by atoms with Crippen molar-refractivity contribution in [2.24, 2.45) is 5.10 Å². The lowest BCUT2D eigenvalue weighted by atomic mass is 10.1. The van der Waals surface area contributed by atoms with Gasteiger partial charge in [0.2, 0.25) is 0 Å². The largest absolute Gasteiger partial charge is 0.507 e. The molecule has 1 aliphatic rings. The molecule has 1 heterocycles. The molecule has 160 valence electrons. The van der Waals surface area contributed by atoms with Crippen molar-refractivity contribution >= 4 is 22.9 Å². The fourth-order valence-corrected chi connectivity index (χ4v) is 3.64. The van der Waals surface area contributed by atoms with Crippen molar-refractivity contribution in [3.63, 3.8) is 0 Å². The van der Waals surface area contributed by atoms with Crippen molar-refractivity contribution in [1.82, 2.24) is 10.3 Å². The lowest BCUT2D eigenvalue weighted by Gasteiger charge is -2.27. The fourth-order valence-electron chi connectivity index (χ4n) is 3.64. The van der Waals surface area contributed by atoms with E-state index in [1.807, 2.05) is 42.5 Å². The van der Waals surface area contributed by atoms with E-state index in [1.54, 1.807) is 25.5 Å². The van der Waals surface area contributed by atoms with Crippen molar-refractivity contribution in [3.8, 4) is 11.5 Å². The van der Waals surface area contributed by atoms with E-state index in [1.165, 1.54) is 0 Å². The van der Waals surface area contributed by atoms with Gasteiger partial charge in [0.05, 0.1) is 32.1 Å². The minimum absolute atomic E-state index is 0.0800. The summed E-state index contributed by atoms with van der Waals surface area (Å²) in [4.78, 5) is 14.8. The summed E-state index contributed by atoms with van der Waals surface area (Å²) in [6.07, 6.45) is 1.58. The number of aromatic hydroxyl groups is 1. The number of amides is 1. The second-order valence-corrected chi connectivity index (χ2v) is 7.38. The number of methoxy groups -OCH3 is 1. The molecule has 4 rings (SSSR count). The predicted octanol–water partition coefficient (Wildman–Crippen LogP) is 3.15. The zero-order valence-electron chi connectivity index (χ0n) is 17.4. The fraction of sp³-hybridized carbons (Fsp3) is 0.250. The van der Waals surface area contributed by atoms with Gasteiger partial charge in [0, 0.05) is 25.2 Å². The molecule has 31 heavy (non-hydrogen) atoms. The number of nitrogens with one attached hydrogen (secondary N) is 1. The first kappa shape index (κ1) is 20.8. The van der Waals surface area contributed by atoms with Gasteiger partial charge >= 0.3 is 0 Å². The molecule has 0 saturated carbocycles. The van der Waals surface area contributed by atoms with E-state index in [2.05, 4.69) is 15.4 Å². The molecule has 0 unspecified atom stereocenters. The van der Waals surface area contributed by atoms with Gasteiger partial charge in [-0.15, -0.1) is 0 Å². The average Bonchev–Trinajstić information content (AvgIpc) is 2.79. The molecule has 0 spiro atoms. The molecule has 0 bridgehead atoms. The van der Waals surface area contributed by atoms with Gasteiger partial charge in [0.15, 0.2) is 0 Å². The third-order valence-electron chi connectivity index (χ3n) is 5.29. The van der Waals surface area contributed by atoms with Crippen molar-refractivity contribution in [3.05, 3.63) is 71.3 Å². The van der Waals surface area contributed by atoms with E-state index < -0.39 is 5.91 Å².